The van der Waals surface area contributed by atoms with Gasteiger partial charge in [-0.1, -0.05) is 6.58 Å². The molecule has 0 unspecified atom stereocenters. The van der Waals surface area contributed by atoms with Crippen molar-refractivity contribution < 1.29 is 28.6 Å². The number of ether oxygens (including phenoxy) is 3. The van der Waals surface area contributed by atoms with Gasteiger partial charge >= 0.3 is 11.9 Å². The first-order valence-corrected chi connectivity index (χ1v) is 5.57. The summed E-state index contributed by atoms with van der Waals surface area (Å²) in [6, 6.07) is 3.83. The van der Waals surface area contributed by atoms with E-state index < -0.39 is 11.9 Å². The number of carbonyl (C=O) groups excluding carboxylic acids is 3. The van der Waals surface area contributed by atoms with Gasteiger partial charge in [0.15, 0.2) is 0 Å². The smallest absolute Gasteiger partial charge is 0.338 e. The Bertz CT molecular complexity index is 526. The largest absolute Gasteiger partial charge is 0.461 e. The van der Waals surface area contributed by atoms with Gasteiger partial charge in [-0.3, -0.25) is 4.79 Å². The minimum atomic E-state index is -0.713. The van der Waals surface area contributed by atoms with Gasteiger partial charge in [0, 0.05) is 18.7 Å². The van der Waals surface area contributed by atoms with Crippen LogP contribution in [0.3, 0.4) is 0 Å². The molecule has 7 heteroatoms. The van der Waals surface area contributed by atoms with Gasteiger partial charge in [0.1, 0.15) is 18.1 Å². The fourth-order valence-electron chi connectivity index (χ4n) is 1.26. The highest BCUT2D eigenvalue weighted by Crippen LogP contribution is 2.23. The van der Waals surface area contributed by atoms with Gasteiger partial charge in [0.2, 0.25) is 0 Å². The summed E-state index contributed by atoms with van der Waals surface area (Å²) >= 11 is 0. The van der Waals surface area contributed by atoms with E-state index in [9.17, 15) is 14.4 Å². The molecular weight excluding hydrogens is 266 g/mol. The number of hydrogen-bond donors (Lipinski definition) is 1. The van der Waals surface area contributed by atoms with Crippen LogP contribution in [-0.4, -0.2) is 31.6 Å². The second-order valence-electron chi connectivity index (χ2n) is 3.46. The highest BCUT2D eigenvalue weighted by Gasteiger charge is 2.13. The summed E-state index contributed by atoms with van der Waals surface area (Å²) < 4.78 is 14.3. The SMILES string of the molecule is C=CC(=O)Oc1cc(OC=O)cc(C(=O)OCCN)c1. The predicted octanol–water partition coefficient (Wildman–Crippen LogP) is 0.429. The quantitative estimate of drug-likeness (QED) is 0.334. The molecular formula is C13H13NO6. The van der Waals surface area contributed by atoms with E-state index in [0.717, 1.165) is 6.08 Å². The van der Waals surface area contributed by atoms with Crippen molar-refractivity contribution in [3.05, 3.63) is 36.4 Å². The molecule has 1 aromatic carbocycles. The van der Waals surface area contributed by atoms with Gasteiger partial charge in [-0.15, -0.1) is 0 Å². The third-order valence-corrected chi connectivity index (χ3v) is 2.04. The number of carbonyl (C=O) groups is 3. The summed E-state index contributed by atoms with van der Waals surface area (Å²) in [5, 5.41) is 0. The van der Waals surface area contributed by atoms with Crippen molar-refractivity contribution in [3.8, 4) is 11.5 Å². The number of hydrogen-bond acceptors (Lipinski definition) is 7. The monoisotopic (exact) mass is 279 g/mol. The van der Waals surface area contributed by atoms with Crippen molar-refractivity contribution in [3.63, 3.8) is 0 Å². The Balaban J connectivity index is 3.03. The van der Waals surface area contributed by atoms with Crippen molar-refractivity contribution in [2.45, 2.75) is 0 Å². The Labute approximate surface area is 114 Å². The summed E-state index contributed by atoms with van der Waals surface area (Å²) in [6.07, 6.45) is 0.958. The number of nitrogens with two attached hydrogens (primary N) is 1. The minimum absolute atomic E-state index is 0.0222. The Morgan fingerprint density at radius 3 is 2.55 bits per heavy atom. The molecule has 0 fully saturated rings. The molecule has 0 heterocycles. The molecule has 0 spiro atoms. The Kier molecular flexibility index (Phi) is 5.92. The van der Waals surface area contributed by atoms with Gasteiger partial charge in [-0.2, -0.15) is 0 Å². The molecule has 1 aromatic rings. The molecule has 7 nitrogen and oxygen atoms in total. The van der Waals surface area contributed by atoms with Gasteiger partial charge < -0.3 is 19.9 Å². The Morgan fingerprint density at radius 2 is 1.95 bits per heavy atom. The third kappa shape index (κ3) is 4.54. The second kappa shape index (κ2) is 7.70. The van der Waals surface area contributed by atoms with Crippen molar-refractivity contribution in [2.24, 2.45) is 5.73 Å². The lowest BCUT2D eigenvalue weighted by Gasteiger charge is -2.08. The van der Waals surface area contributed by atoms with E-state index in [1.165, 1.54) is 18.2 Å². The van der Waals surface area contributed by atoms with Gasteiger partial charge in [0.25, 0.3) is 6.47 Å². The zero-order valence-corrected chi connectivity index (χ0v) is 10.5. The minimum Gasteiger partial charge on any atom is -0.461 e. The van der Waals surface area contributed by atoms with Gasteiger partial charge in [-0.25, -0.2) is 9.59 Å². The summed E-state index contributed by atoms with van der Waals surface area (Å²) in [6.45, 7) is 3.65. The normalized spacial score (nSPS) is 9.45. The first kappa shape index (κ1) is 15.4. The molecule has 1 rings (SSSR count). The second-order valence-corrected chi connectivity index (χ2v) is 3.46. The van der Waals surface area contributed by atoms with Crippen molar-refractivity contribution in [1.82, 2.24) is 0 Å². The van der Waals surface area contributed by atoms with E-state index in [1.807, 2.05) is 0 Å². The van der Waals surface area contributed by atoms with E-state index in [-0.39, 0.29) is 36.7 Å². The number of rotatable bonds is 7. The zero-order valence-electron chi connectivity index (χ0n) is 10.5. The first-order chi connectivity index (χ1) is 9.60. The van der Waals surface area contributed by atoms with Crippen molar-refractivity contribution in [1.29, 1.82) is 0 Å². The molecule has 0 radical (unpaired) electrons. The summed E-state index contributed by atoms with van der Waals surface area (Å²) in [5.74, 6) is -1.33. The van der Waals surface area contributed by atoms with E-state index in [2.05, 4.69) is 11.3 Å². The molecule has 0 aromatic heterocycles. The number of esters is 2. The molecule has 106 valence electrons. The molecule has 0 aliphatic carbocycles. The average Bonchev–Trinajstić information content (AvgIpc) is 2.44. The predicted molar refractivity (Wildman–Crippen MR) is 68.3 cm³/mol. The molecule has 0 saturated carbocycles. The summed E-state index contributed by atoms with van der Waals surface area (Å²) in [4.78, 5) is 33.1. The maximum Gasteiger partial charge on any atom is 0.338 e. The van der Waals surface area contributed by atoms with Crippen LogP contribution in [0.5, 0.6) is 11.5 Å². The zero-order chi connectivity index (χ0) is 15.0. The summed E-state index contributed by atoms with van der Waals surface area (Å²) in [5.41, 5.74) is 5.28. The van der Waals surface area contributed by atoms with Crippen LogP contribution in [-0.2, 0) is 14.3 Å². The standard InChI is InChI=1S/C13H13NO6/c1-2-12(16)20-11-6-9(13(17)18-4-3-14)5-10(7-11)19-8-15/h2,5-8H,1,3-4,14H2. The Morgan fingerprint density at radius 1 is 1.25 bits per heavy atom. The fourth-order valence-corrected chi connectivity index (χ4v) is 1.26. The van der Waals surface area contributed by atoms with E-state index in [0.29, 0.717) is 0 Å². The maximum atomic E-state index is 11.7. The highest BCUT2D eigenvalue weighted by atomic mass is 16.5. The first-order valence-electron chi connectivity index (χ1n) is 5.57. The Hall–Kier alpha value is -2.67. The lowest BCUT2D eigenvalue weighted by molar-refractivity contribution is -0.129. The maximum absolute atomic E-state index is 11.7. The number of benzene rings is 1. The van der Waals surface area contributed by atoms with Crippen LogP contribution < -0.4 is 15.2 Å². The van der Waals surface area contributed by atoms with Crippen molar-refractivity contribution >= 4 is 18.4 Å². The van der Waals surface area contributed by atoms with Gasteiger partial charge in [0.05, 0.1) is 5.56 Å². The molecule has 0 amide bonds. The van der Waals surface area contributed by atoms with E-state index in [1.54, 1.807) is 0 Å². The lowest BCUT2D eigenvalue weighted by Crippen LogP contribution is -2.14. The highest BCUT2D eigenvalue weighted by molar-refractivity contribution is 5.91. The van der Waals surface area contributed by atoms with Crippen LogP contribution in [0.25, 0.3) is 0 Å². The fraction of sp³-hybridized carbons (Fsp3) is 0.154. The van der Waals surface area contributed by atoms with Crippen LogP contribution in [0, 0.1) is 0 Å². The van der Waals surface area contributed by atoms with E-state index >= 15 is 0 Å². The van der Waals surface area contributed by atoms with Crippen LogP contribution in [0.1, 0.15) is 10.4 Å². The molecule has 0 saturated heterocycles. The topological polar surface area (TPSA) is 105 Å². The van der Waals surface area contributed by atoms with Crippen LogP contribution in [0.2, 0.25) is 0 Å². The third-order valence-electron chi connectivity index (χ3n) is 2.04. The van der Waals surface area contributed by atoms with Crippen LogP contribution in [0.15, 0.2) is 30.9 Å². The average molecular weight is 279 g/mol. The molecule has 0 atom stereocenters. The molecule has 2 N–H and O–H groups in total. The molecule has 0 aliphatic heterocycles. The molecule has 0 bridgehead atoms. The van der Waals surface area contributed by atoms with Crippen molar-refractivity contribution in [2.75, 3.05) is 13.2 Å². The van der Waals surface area contributed by atoms with E-state index in [4.69, 9.17) is 15.2 Å². The molecule has 20 heavy (non-hydrogen) atoms. The van der Waals surface area contributed by atoms with Crippen LogP contribution in [0.4, 0.5) is 0 Å². The molecule has 0 aliphatic rings. The van der Waals surface area contributed by atoms with Crippen LogP contribution >= 0.6 is 0 Å². The lowest BCUT2D eigenvalue weighted by atomic mass is 10.2. The van der Waals surface area contributed by atoms with Gasteiger partial charge in [-0.05, 0) is 12.1 Å². The summed E-state index contributed by atoms with van der Waals surface area (Å²) in [7, 11) is 0.